The van der Waals surface area contributed by atoms with E-state index in [1.807, 2.05) is 0 Å². The molecule has 7 heteroatoms. The number of rotatable bonds is 5. The smallest absolute Gasteiger partial charge is 0.347 e. The molecule has 0 aromatic heterocycles. The predicted molar refractivity (Wildman–Crippen MR) is 73.0 cm³/mol. The SMILES string of the molecule is CCCNC1CCC2(CC1N(C)CC(F)(F)F)OCCO2. The van der Waals surface area contributed by atoms with Crippen molar-refractivity contribution in [1.82, 2.24) is 10.2 Å². The highest BCUT2D eigenvalue weighted by molar-refractivity contribution is 4.96. The van der Waals surface area contributed by atoms with Crippen molar-refractivity contribution in [2.75, 3.05) is 33.4 Å². The number of nitrogens with one attached hydrogen (secondary N) is 1. The van der Waals surface area contributed by atoms with Crippen molar-refractivity contribution in [3.8, 4) is 0 Å². The minimum Gasteiger partial charge on any atom is -0.347 e. The molecule has 1 aliphatic heterocycles. The van der Waals surface area contributed by atoms with E-state index in [2.05, 4.69) is 12.2 Å². The highest BCUT2D eigenvalue weighted by Crippen LogP contribution is 2.38. The molecule has 1 N–H and O–H groups in total. The normalized spacial score (nSPS) is 29.4. The fourth-order valence-electron chi connectivity index (χ4n) is 3.32. The Morgan fingerprint density at radius 2 is 1.95 bits per heavy atom. The summed E-state index contributed by atoms with van der Waals surface area (Å²) in [7, 11) is 1.53. The molecule has 2 aliphatic rings. The summed E-state index contributed by atoms with van der Waals surface area (Å²) in [4.78, 5) is 1.39. The summed E-state index contributed by atoms with van der Waals surface area (Å²) in [6, 6.07) is -0.180. The van der Waals surface area contributed by atoms with Crippen molar-refractivity contribution in [2.24, 2.45) is 0 Å². The largest absolute Gasteiger partial charge is 0.401 e. The predicted octanol–water partition coefficient (Wildman–Crippen LogP) is 2.14. The van der Waals surface area contributed by atoms with E-state index >= 15 is 0 Å². The van der Waals surface area contributed by atoms with Gasteiger partial charge >= 0.3 is 6.18 Å². The van der Waals surface area contributed by atoms with Crippen molar-refractivity contribution in [3.63, 3.8) is 0 Å². The lowest BCUT2D eigenvalue weighted by Gasteiger charge is -2.45. The van der Waals surface area contributed by atoms with Crippen LogP contribution in [0.4, 0.5) is 13.2 Å². The average molecular weight is 310 g/mol. The summed E-state index contributed by atoms with van der Waals surface area (Å²) in [5, 5.41) is 3.37. The van der Waals surface area contributed by atoms with Crippen LogP contribution in [0.15, 0.2) is 0 Å². The van der Waals surface area contributed by atoms with Gasteiger partial charge in [0.2, 0.25) is 0 Å². The maximum absolute atomic E-state index is 12.7. The summed E-state index contributed by atoms with van der Waals surface area (Å²) in [5.74, 6) is -0.672. The first kappa shape index (κ1) is 17.0. The number of alkyl halides is 3. The van der Waals surface area contributed by atoms with Gasteiger partial charge in [-0.2, -0.15) is 13.2 Å². The zero-order chi connectivity index (χ0) is 15.5. The molecule has 0 aromatic rings. The molecule has 2 unspecified atom stereocenters. The second kappa shape index (κ2) is 6.81. The molecular weight excluding hydrogens is 285 g/mol. The molecule has 0 radical (unpaired) electrons. The number of halogens is 3. The Labute approximate surface area is 124 Å². The Bertz CT molecular complexity index is 333. The van der Waals surface area contributed by atoms with E-state index in [0.717, 1.165) is 25.8 Å². The third-order valence-electron chi connectivity index (χ3n) is 4.29. The van der Waals surface area contributed by atoms with Gasteiger partial charge in [0.1, 0.15) is 0 Å². The molecule has 1 saturated heterocycles. The molecule has 21 heavy (non-hydrogen) atoms. The molecule has 124 valence electrons. The maximum atomic E-state index is 12.7. The molecule has 4 nitrogen and oxygen atoms in total. The van der Waals surface area contributed by atoms with E-state index in [4.69, 9.17) is 9.47 Å². The molecule has 1 spiro atoms. The zero-order valence-corrected chi connectivity index (χ0v) is 12.7. The zero-order valence-electron chi connectivity index (χ0n) is 12.7. The van der Waals surface area contributed by atoms with Crippen molar-refractivity contribution >= 4 is 0 Å². The van der Waals surface area contributed by atoms with E-state index < -0.39 is 18.5 Å². The monoisotopic (exact) mass is 310 g/mol. The van der Waals surface area contributed by atoms with Crippen molar-refractivity contribution < 1.29 is 22.6 Å². The van der Waals surface area contributed by atoms with Gasteiger partial charge in [0.05, 0.1) is 19.8 Å². The molecule has 0 bridgehead atoms. The first-order valence-electron chi connectivity index (χ1n) is 7.63. The van der Waals surface area contributed by atoms with E-state index in [-0.39, 0.29) is 12.1 Å². The van der Waals surface area contributed by atoms with Gasteiger partial charge in [-0.25, -0.2) is 0 Å². The van der Waals surface area contributed by atoms with Gasteiger partial charge in [-0.3, -0.25) is 4.90 Å². The van der Waals surface area contributed by atoms with Gasteiger partial charge in [0, 0.05) is 24.9 Å². The van der Waals surface area contributed by atoms with Gasteiger partial charge in [-0.15, -0.1) is 0 Å². The standard InChI is InChI=1S/C14H25F3N2O2/c1-3-6-18-11-4-5-13(20-7-8-21-13)9-12(11)19(2)10-14(15,16)17/h11-12,18H,3-10H2,1-2H3. The Morgan fingerprint density at radius 1 is 1.29 bits per heavy atom. The summed E-state index contributed by atoms with van der Waals surface area (Å²) in [6.07, 6.45) is -1.23. The molecule has 2 atom stereocenters. The van der Waals surface area contributed by atoms with Crippen molar-refractivity contribution in [1.29, 1.82) is 0 Å². The van der Waals surface area contributed by atoms with E-state index in [1.165, 1.54) is 11.9 Å². The van der Waals surface area contributed by atoms with Crippen molar-refractivity contribution in [2.45, 2.75) is 56.7 Å². The van der Waals surface area contributed by atoms with Gasteiger partial charge < -0.3 is 14.8 Å². The van der Waals surface area contributed by atoms with Crippen LogP contribution in [0.5, 0.6) is 0 Å². The van der Waals surface area contributed by atoms with Gasteiger partial charge in [-0.05, 0) is 26.4 Å². The first-order chi connectivity index (χ1) is 9.85. The lowest BCUT2D eigenvalue weighted by atomic mass is 9.84. The number of ether oxygens (including phenoxy) is 2. The lowest BCUT2D eigenvalue weighted by molar-refractivity contribution is -0.202. The molecule has 0 amide bonds. The first-order valence-corrected chi connectivity index (χ1v) is 7.63. The van der Waals surface area contributed by atoms with E-state index in [0.29, 0.717) is 19.6 Å². The third-order valence-corrected chi connectivity index (χ3v) is 4.29. The minimum atomic E-state index is -4.19. The number of nitrogens with zero attached hydrogens (tertiary/aromatic N) is 1. The Morgan fingerprint density at radius 3 is 2.52 bits per heavy atom. The summed E-state index contributed by atoms with van der Waals surface area (Å²) in [5.41, 5.74) is 0. The molecule has 2 rings (SSSR count). The highest BCUT2D eigenvalue weighted by Gasteiger charge is 2.47. The average Bonchev–Trinajstić information content (AvgIpc) is 2.84. The quantitative estimate of drug-likeness (QED) is 0.843. The third kappa shape index (κ3) is 4.55. The van der Waals surface area contributed by atoms with Crippen LogP contribution < -0.4 is 5.32 Å². The van der Waals surface area contributed by atoms with Crippen LogP contribution in [-0.4, -0.2) is 62.3 Å². The Balaban J connectivity index is 2.04. The summed E-state index contributed by atoms with van der Waals surface area (Å²) in [6.45, 7) is 3.02. The number of likely N-dealkylation sites (N-methyl/N-ethyl adjacent to an activating group) is 1. The van der Waals surface area contributed by atoms with Gasteiger partial charge in [0.25, 0.3) is 0 Å². The molecule has 1 aliphatic carbocycles. The molecule has 0 aromatic carbocycles. The molecule has 1 heterocycles. The van der Waals surface area contributed by atoms with E-state index in [1.54, 1.807) is 0 Å². The Hall–Kier alpha value is -0.370. The molecular formula is C14H25F3N2O2. The van der Waals surface area contributed by atoms with Crippen LogP contribution in [0.1, 0.15) is 32.6 Å². The van der Waals surface area contributed by atoms with Crippen LogP contribution >= 0.6 is 0 Å². The lowest BCUT2D eigenvalue weighted by Crippen LogP contribution is -2.58. The second-order valence-electron chi connectivity index (χ2n) is 6.01. The maximum Gasteiger partial charge on any atom is 0.401 e. The fraction of sp³-hybridized carbons (Fsp3) is 1.00. The summed E-state index contributed by atoms with van der Waals surface area (Å²) < 4.78 is 49.4. The topological polar surface area (TPSA) is 33.7 Å². The van der Waals surface area contributed by atoms with Crippen LogP contribution in [0, 0.1) is 0 Å². The second-order valence-corrected chi connectivity index (χ2v) is 6.01. The fourth-order valence-corrected chi connectivity index (χ4v) is 3.32. The van der Waals surface area contributed by atoms with Crippen molar-refractivity contribution in [3.05, 3.63) is 0 Å². The number of hydrogen-bond donors (Lipinski definition) is 1. The van der Waals surface area contributed by atoms with Crippen LogP contribution in [-0.2, 0) is 9.47 Å². The van der Waals surface area contributed by atoms with Crippen LogP contribution in [0.25, 0.3) is 0 Å². The molecule has 1 saturated carbocycles. The van der Waals surface area contributed by atoms with Crippen LogP contribution in [0.3, 0.4) is 0 Å². The number of hydrogen-bond acceptors (Lipinski definition) is 4. The van der Waals surface area contributed by atoms with Gasteiger partial charge in [-0.1, -0.05) is 6.92 Å². The van der Waals surface area contributed by atoms with Crippen LogP contribution in [0.2, 0.25) is 0 Å². The minimum absolute atomic E-state index is 0.0516. The van der Waals surface area contributed by atoms with E-state index in [9.17, 15) is 13.2 Å². The highest BCUT2D eigenvalue weighted by atomic mass is 19.4. The summed E-state index contributed by atoms with van der Waals surface area (Å²) >= 11 is 0. The van der Waals surface area contributed by atoms with Gasteiger partial charge in [0.15, 0.2) is 5.79 Å². The molecule has 2 fully saturated rings. The Kier molecular flexibility index (Phi) is 5.51.